The third-order valence-electron chi connectivity index (χ3n) is 4.75. The molecule has 1 amide bonds. The SMILES string of the molecule is O=C(c1ccc(F)cc1F)N1CCN(Cc2nc(C3CC3)cs2)CC1. The van der Waals surface area contributed by atoms with Crippen molar-refractivity contribution < 1.29 is 13.6 Å². The molecule has 1 aliphatic carbocycles. The van der Waals surface area contributed by atoms with E-state index in [1.54, 1.807) is 16.2 Å². The monoisotopic (exact) mass is 363 g/mol. The predicted molar refractivity (Wildman–Crippen MR) is 91.6 cm³/mol. The van der Waals surface area contributed by atoms with Crippen molar-refractivity contribution in [2.45, 2.75) is 25.3 Å². The number of hydrogen-bond donors (Lipinski definition) is 0. The Balaban J connectivity index is 1.33. The van der Waals surface area contributed by atoms with Crippen LogP contribution in [0, 0.1) is 11.6 Å². The second-order valence-corrected chi connectivity index (χ2v) is 7.58. The molecule has 1 aromatic carbocycles. The van der Waals surface area contributed by atoms with E-state index in [-0.39, 0.29) is 11.5 Å². The van der Waals surface area contributed by atoms with Gasteiger partial charge in [0.05, 0.1) is 17.8 Å². The van der Waals surface area contributed by atoms with E-state index in [9.17, 15) is 13.6 Å². The van der Waals surface area contributed by atoms with Gasteiger partial charge in [0, 0.05) is 43.5 Å². The smallest absolute Gasteiger partial charge is 0.256 e. The van der Waals surface area contributed by atoms with E-state index < -0.39 is 11.6 Å². The quantitative estimate of drug-likeness (QED) is 0.837. The lowest BCUT2D eigenvalue weighted by molar-refractivity contribution is 0.0623. The molecule has 1 aliphatic heterocycles. The molecule has 2 fully saturated rings. The molecule has 0 spiro atoms. The van der Waals surface area contributed by atoms with Crippen LogP contribution in [0.25, 0.3) is 0 Å². The van der Waals surface area contributed by atoms with E-state index in [1.165, 1.54) is 24.6 Å². The highest BCUT2D eigenvalue weighted by Crippen LogP contribution is 2.40. The molecule has 2 aliphatic rings. The van der Waals surface area contributed by atoms with Gasteiger partial charge in [0.1, 0.15) is 16.6 Å². The summed E-state index contributed by atoms with van der Waals surface area (Å²) in [7, 11) is 0. The maximum atomic E-state index is 13.8. The average molecular weight is 363 g/mol. The summed E-state index contributed by atoms with van der Waals surface area (Å²) in [5.41, 5.74) is 1.16. The van der Waals surface area contributed by atoms with Gasteiger partial charge >= 0.3 is 0 Å². The number of rotatable bonds is 4. The molecule has 0 bridgehead atoms. The summed E-state index contributed by atoms with van der Waals surface area (Å²) in [5.74, 6) is -1.18. The Morgan fingerprint density at radius 1 is 1.20 bits per heavy atom. The average Bonchev–Trinajstić information content (AvgIpc) is 3.35. The lowest BCUT2D eigenvalue weighted by Gasteiger charge is -2.34. The highest BCUT2D eigenvalue weighted by molar-refractivity contribution is 7.09. The minimum absolute atomic E-state index is 0.0659. The van der Waals surface area contributed by atoms with Gasteiger partial charge in [-0.2, -0.15) is 0 Å². The van der Waals surface area contributed by atoms with Crippen molar-refractivity contribution >= 4 is 17.2 Å². The van der Waals surface area contributed by atoms with Crippen molar-refractivity contribution in [1.82, 2.24) is 14.8 Å². The van der Waals surface area contributed by atoms with Crippen molar-refractivity contribution in [3.8, 4) is 0 Å². The number of nitrogens with zero attached hydrogens (tertiary/aromatic N) is 3. The maximum Gasteiger partial charge on any atom is 0.256 e. The Morgan fingerprint density at radius 2 is 1.96 bits per heavy atom. The summed E-state index contributed by atoms with van der Waals surface area (Å²) in [5, 5.41) is 3.27. The van der Waals surface area contributed by atoms with Crippen LogP contribution in [0.4, 0.5) is 8.78 Å². The number of hydrogen-bond acceptors (Lipinski definition) is 4. The summed E-state index contributed by atoms with van der Waals surface area (Å²) < 4.78 is 26.8. The van der Waals surface area contributed by atoms with E-state index in [0.717, 1.165) is 36.8 Å². The molecule has 2 heterocycles. The van der Waals surface area contributed by atoms with Gasteiger partial charge in [-0.05, 0) is 25.0 Å². The minimum atomic E-state index is -0.803. The molecule has 25 heavy (non-hydrogen) atoms. The summed E-state index contributed by atoms with van der Waals surface area (Å²) in [6, 6.07) is 3.09. The van der Waals surface area contributed by atoms with Crippen LogP contribution in [0.2, 0.25) is 0 Å². The number of piperazine rings is 1. The van der Waals surface area contributed by atoms with Crippen molar-refractivity contribution in [1.29, 1.82) is 0 Å². The first-order valence-electron chi connectivity index (χ1n) is 8.51. The lowest BCUT2D eigenvalue weighted by atomic mass is 10.1. The van der Waals surface area contributed by atoms with Gasteiger partial charge < -0.3 is 4.90 Å². The minimum Gasteiger partial charge on any atom is -0.336 e. The molecule has 1 saturated carbocycles. The second-order valence-electron chi connectivity index (χ2n) is 6.63. The van der Waals surface area contributed by atoms with E-state index in [4.69, 9.17) is 4.98 Å². The molecule has 4 nitrogen and oxygen atoms in total. The summed E-state index contributed by atoms with van der Waals surface area (Å²) in [6.45, 7) is 3.33. The standard InChI is InChI=1S/C18H19F2N3OS/c19-13-3-4-14(15(20)9-13)18(24)23-7-5-22(6-8-23)10-17-21-16(11-25-17)12-1-2-12/h3-4,9,11-12H,1-2,5-8,10H2. The highest BCUT2D eigenvalue weighted by atomic mass is 32.1. The van der Waals surface area contributed by atoms with Gasteiger partial charge in [-0.15, -0.1) is 11.3 Å². The molecule has 0 N–H and O–H groups in total. The first kappa shape index (κ1) is 16.6. The van der Waals surface area contributed by atoms with Crippen molar-refractivity contribution in [2.75, 3.05) is 26.2 Å². The molecular formula is C18H19F2N3OS. The number of carbonyl (C=O) groups is 1. The Kier molecular flexibility index (Phi) is 4.52. The van der Waals surface area contributed by atoms with Gasteiger partial charge in [0.2, 0.25) is 0 Å². The van der Waals surface area contributed by atoms with E-state index in [1.807, 2.05) is 0 Å². The van der Waals surface area contributed by atoms with Gasteiger partial charge in [-0.25, -0.2) is 13.8 Å². The van der Waals surface area contributed by atoms with Crippen molar-refractivity contribution in [3.63, 3.8) is 0 Å². The zero-order chi connectivity index (χ0) is 17.4. The highest BCUT2D eigenvalue weighted by Gasteiger charge is 2.27. The normalized spacial score (nSPS) is 18.6. The third kappa shape index (κ3) is 3.72. The molecule has 0 radical (unpaired) electrons. The molecule has 0 unspecified atom stereocenters. The van der Waals surface area contributed by atoms with Crippen LogP contribution in [0.3, 0.4) is 0 Å². The first-order valence-corrected chi connectivity index (χ1v) is 9.39. The molecule has 1 saturated heterocycles. The summed E-state index contributed by atoms with van der Waals surface area (Å²) in [4.78, 5) is 21.0. The Labute approximate surface area is 149 Å². The van der Waals surface area contributed by atoms with E-state index >= 15 is 0 Å². The number of halogens is 2. The van der Waals surface area contributed by atoms with Gasteiger partial charge in [-0.3, -0.25) is 9.69 Å². The lowest BCUT2D eigenvalue weighted by Crippen LogP contribution is -2.48. The molecule has 2 aromatic rings. The first-order chi connectivity index (χ1) is 12.1. The fourth-order valence-electron chi connectivity index (χ4n) is 3.10. The zero-order valence-electron chi connectivity index (χ0n) is 13.8. The summed E-state index contributed by atoms with van der Waals surface area (Å²) >= 11 is 1.70. The van der Waals surface area contributed by atoms with Crippen molar-refractivity contribution in [2.24, 2.45) is 0 Å². The largest absolute Gasteiger partial charge is 0.336 e. The molecule has 4 rings (SSSR count). The Morgan fingerprint density at radius 3 is 2.64 bits per heavy atom. The van der Waals surface area contributed by atoms with Gasteiger partial charge in [0.15, 0.2) is 0 Å². The molecule has 132 valence electrons. The van der Waals surface area contributed by atoms with Crippen LogP contribution in [0.15, 0.2) is 23.6 Å². The molecular weight excluding hydrogens is 344 g/mol. The topological polar surface area (TPSA) is 36.4 Å². The van der Waals surface area contributed by atoms with Gasteiger partial charge in [0.25, 0.3) is 5.91 Å². The van der Waals surface area contributed by atoms with Crippen LogP contribution < -0.4 is 0 Å². The van der Waals surface area contributed by atoms with E-state index in [2.05, 4.69) is 10.3 Å². The molecule has 1 aromatic heterocycles. The maximum absolute atomic E-state index is 13.8. The molecule has 7 heteroatoms. The Hall–Kier alpha value is -1.86. The number of thiazole rings is 1. The van der Waals surface area contributed by atoms with Gasteiger partial charge in [-0.1, -0.05) is 0 Å². The summed E-state index contributed by atoms with van der Waals surface area (Å²) in [6.07, 6.45) is 2.51. The van der Waals surface area contributed by atoms with Crippen LogP contribution in [-0.4, -0.2) is 46.9 Å². The van der Waals surface area contributed by atoms with E-state index in [0.29, 0.717) is 19.0 Å². The Bertz CT molecular complexity index is 782. The van der Waals surface area contributed by atoms with Crippen LogP contribution in [0.5, 0.6) is 0 Å². The predicted octanol–water partition coefficient (Wildman–Crippen LogP) is 3.26. The zero-order valence-corrected chi connectivity index (χ0v) is 14.6. The van der Waals surface area contributed by atoms with Crippen LogP contribution in [-0.2, 0) is 6.54 Å². The number of benzene rings is 1. The molecule has 0 atom stereocenters. The third-order valence-corrected chi connectivity index (χ3v) is 5.60. The number of aromatic nitrogens is 1. The number of carbonyl (C=O) groups excluding carboxylic acids is 1. The van der Waals surface area contributed by atoms with Crippen molar-refractivity contribution in [3.05, 3.63) is 51.5 Å². The van der Waals surface area contributed by atoms with Crippen LogP contribution >= 0.6 is 11.3 Å². The number of amides is 1. The fraction of sp³-hybridized carbons (Fsp3) is 0.444. The van der Waals surface area contributed by atoms with Crippen LogP contribution in [0.1, 0.15) is 39.8 Å². The fourth-order valence-corrected chi connectivity index (χ4v) is 4.02. The second kappa shape index (κ2) is 6.80.